The molecular weight excluding hydrogens is 397 g/mol. The van der Waals surface area contributed by atoms with Crippen LogP contribution in [-0.2, 0) is 11.3 Å². The lowest BCUT2D eigenvalue weighted by Gasteiger charge is -2.23. The van der Waals surface area contributed by atoms with Crippen LogP contribution in [0.5, 0.6) is 5.75 Å². The van der Waals surface area contributed by atoms with E-state index in [-0.39, 0.29) is 5.82 Å². The summed E-state index contributed by atoms with van der Waals surface area (Å²) >= 11 is 3.66. The second kappa shape index (κ2) is 7.72. The number of hydrogen-bond donors (Lipinski definition) is 0. The molecule has 0 saturated carbocycles. The topological polar surface area (TPSA) is 31.4 Å². The Labute approximate surface area is 160 Å². The summed E-state index contributed by atoms with van der Waals surface area (Å²) in [5.41, 5.74) is 2.01. The van der Waals surface area contributed by atoms with E-state index in [9.17, 15) is 4.39 Å². The summed E-state index contributed by atoms with van der Waals surface area (Å²) in [5.74, 6) is 0.528. The normalized spacial score (nSPS) is 15.3. The summed E-state index contributed by atoms with van der Waals surface area (Å²) in [4.78, 5) is 4.67. The van der Waals surface area contributed by atoms with Crippen LogP contribution in [0.3, 0.4) is 0 Å². The van der Waals surface area contributed by atoms with Crippen molar-refractivity contribution in [3.05, 3.63) is 70.2 Å². The minimum atomic E-state index is -0.314. The van der Waals surface area contributed by atoms with Gasteiger partial charge in [0.25, 0.3) is 0 Å². The van der Waals surface area contributed by atoms with Gasteiger partial charge in [0.15, 0.2) is 0 Å². The van der Waals surface area contributed by atoms with E-state index in [4.69, 9.17) is 9.47 Å². The monoisotopic (exact) mass is 415 g/mol. The fourth-order valence-corrected chi connectivity index (χ4v) is 4.10. The molecule has 1 saturated heterocycles. The average molecular weight is 416 g/mol. The molecule has 5 heteroatoms. The number of ether oxygens (including phenoxy) is 2. The van der Waals surface area contributed by atoms with E-state index in [0.29, 0.717) is 18.3 Å². The van der Waals surface area contributed by atoms with Crippen molar-refractivity contribution in [1.82, 2.24) is 4.98 Å². The van der Waals surface area contributed by atoms with Crippen LogP contribution in [0, 0.1) is 5.82 Å². The van der Waals surface area contributed by atoms with E-state index in [2.05, 4.69) is 20.9 Å². The van der Waals surface area contributed by atoms with Gasteiger partial charge in [0.1, 0.15) is 18.2 Å². The van der Waals surface area contributed by atoms with Crippen LogP contribution >= 0.6 is 15.9 Å². The first kappa shape index (κ1) is 17.4. The number of halogens is 2. The van der Waals surface area contributed by atoms with Crippen molar-refractivity contribution in [3.8, 4) is 5.75 Å². The summed E-state index contributed by atoms with van der Waals surface area (Å²) in [6.07, 6.45) is 3.66. The number of fused-ring (bicyclic) bond motifs is 1. The maximum atomic E-state index is 14.2. The van der Waals surface area contributed by atoms with Crippen LogP contribution < -0.4 is 4.74 Å². The standard InChI is InChI=1S/C21H19BrFNO2/c22-20-17-10-16(23)11-19(26-13-14-4-2-1-3-5-14)18(17)12-24-21(20)15-6-8-25-9-7-15/h1-5,10-12,15H,6-9,13H2. The second-order valence-corrected chi connectivity index (χ2v) is 7.28. The predicted octanol–water partition coefficient (Wildman–Crippen LogP) is 5.61. The van der Waals surface area contributed by atoms with E-state index in [1.54, 1.807) is 12.3 Å². The fraction of sp³-hybridized carbons (Fsp3) is 0.286. The predicted molar refractivity (Wildman–Crippen MR) is 103 cm³/mol. The van der Waals surface area contributed by atoms with Gasteiger partial charge < -0.3 is 9.47 Å². The molecule has 26 heavy (non-hydrogen) atoms. The number of nitrogens with zero attached hydrogens (tertiary/aromatic N) is 1. The lowest BCUT2D eigenvalue weighted by atomic mass is 9.94. The molecule has 1 aromatic heterocycles. The maximum Gasteiger partial charge on any atom is 0.132 e. The van der Waals surface area contributed by atoms with Crippen LogP contribution in [-0.4, -0.2) is 18.2 Å². The summed E-state index contributed by atoms with van der Waals surface area (Å²) in [6.45, 7) is 1.87. The summed E-state index contributed by atoms with van der Waals surface area (Å²) in [7, 11) is 0. The molecule has 1 aliphatic rings. The molecule has 0 aliphatic carbocycles. The number of aromatic nitrogens is 1. The van der Waals surface area contributed by atoms with E-state index in [1.165, 1.54) is 6.07 Å². The second-order valence-electron chi connectivity index (χ2n) is 6.48. The molecule has 0 spiro atoms. The molecule has 3 nitrogen and oxygen atoms in total. The van der Waals surface area contributed by atoms with Crippen LogP contribution in [0.1, 0.15) is 30.0 Å². The third kappa shape index (κ3) is 3.60. The van der Waals surface area contributed by atoms with Crippen molar-refractivity contribution in [2.24, 2.45) is 0 Å². The first-order chi connectivity index (χ1) is 12.7. The molecule has 1 aliphatic heterocycles. The Balaban J connectivity index is 1.69. The van der Waals surface area contributed by atoms with Crippen molar-refractivity contribution in [2.45, 2.75) is 25.4 Å². The van der Waals surface area contributed by atoms with Crippen molar-refractivity contribution in [1.29, 1.82) is 0 Å². The number of rotatable bonds is 4. The van der Waals surface area contributed by atoms with Crippen LogP contribution in [0.15, 0.2) is 53.1 Å². The van der Waals surface area contributed by atoms with Crippen LogP contribution in [0.25, 0.3) is 10.8 Å². The highest BCUT2D eigenvalue weighted by Crippen LogP contribution is 2.38. The molecule has 1 fully saturated rings. The molecular formula is C21H19BrFNO2. The molecule has 0 atom stereocenters. The van der Waals surface area contributed by atoms with E-state index in [1.807, 2.05) is 30.3 Å². The lowest BCUT2D eigenvalue weighted by molar-refractivity contribution is 0.0844. The van der Waals surface area contributed by atoms with Gasteiger partial charge in [-0.2, -0.15) is 0 Å². The van der Waals surface area contributed by atoms with Gasteiger partial charge in [-0.15, -0.1) is 0 Å². The molecule has 0 unspecified atom stereocenters. The van der Waals surface area contributed by atoms with Crippen molar-refractivity contribution >= 4 is 26.7 Å². The Kier molecular flexibility index (Phi) is 5.18. The zero-order valence-electron chi connectivity index (χ0n) is 14.3. The summed E-state index contributed by atoms with van der Waals surface area (Å²) < 4.78 is 26.4. The first-order valence-corrected chi connectivity index (χ1v) is 9.54. The van der Waals surface area contributed by atoms with Crippen molar-refractivity contribution in [2.75, 3.05) is 13.2 Å². The minimum absolute atomic E-state index is 0.314. The minimum Gasteiger partial charge on any atom is -0.488 e. The molecule has 2 heterocycles. The third-order valence-corrected chi connectivity index (χ3v) is 5.58. The van der Waals surface area contributed by atoms with Gasteiger partial charge in [-0.1, -0.05) is 30.3 Å². The van der Waals surface area contributed by atoms with Gasteiger partial charge in [-0.25, -0.2) is 4.39 Å². The molecule has 2 aromatic carbocycles. The molecule has 0 N–H and O–H groups in total. The highest BCUT2D eigenvalue weighted by atomic mass is 79.9. The molecule has 3 aromatic rings. The Morgan fingerprint density at radius 2 is 1.88 bits per heavy atom. The van der Waals surface area contributed by atoms with Crippen LogP contribution in [0.2, 0.25) is 0 Å². The maximum absolute atomic E-state index is 14.2. The highest BCUT2D eigenvalue weighted by molar-refractivity contribution is 9.10. The lowest BCUT2D eigenvalue weighted by Crippen LogP contribution is -2.15. The van der Waals surface area contributed by atoms with Gasteiger partial charge in [0.05, 0.1) is 5.69 Å². The highest BCUT2D eigenvalue weighted by Gasteiger charge is 2.22. The Hall–Kier alpha value is -1.98. The van der Waals surface area contributed by atoms with E-state index >= 15 is 0 Å². The quantitative estimate of drug-likeness (QED) is 0.554. The van der Waals surface area contributed by atoms with Gasteiger partial charge in [-0.05, 0) is 40.4 Å². The van der Waals surface area contributed by atoms with E-state index in [0.717, 1.165) is 52.6 Å². The number of pyridine rings is 1. The first-order valence-electron chi connectivity index (χ1n) is 8.74. The Morgan fingerprint density at radius 1 is 1.12 bits per heavy atom. The van der Waals surface area contributed by atoms with Gasteiger partial charge in [-0.3, -0.25) is 4.98 Å². The molecule has 134 valence electrons. The number of hydrogen-bond acceptors (Lipinski definition) is 3. The van der Waals surface area contributed by atoms with Crippen molar-refractivity contribution in [3.63, 3.8) is 0 Å². The Bertz CT molecular complexity index is 911. The van der Waals surface area contributed by atoms with Gasteiger partial charge in [0.2, 0.25) is 0 Å². The molecule has 4 rings (SSSR count). The van der Waals surface area contributed by atoms with Crippen LogP contribution in [0.4, 0.5) is 4.39 Å². The van der Waals surface area contributed by atoms with Crippen molar-refractivity contribution < 1.29 is 13.9 Å². The molecule has 0 radical (unpaired) electrons. The fourth-order valence-electron chi connectivity index (χ4n) is 3.35. The van der Waals surface area contributed by atoms with Gasteiger partial charge in [0, 0.05) is 46.6 Å². The SMILES string of the molecule is Fc1cc(OCc2ccccc2)c2cnc(C3CCOCC3)c(Br)c2c1. The molecule has 0 amide bonds. The zero-order chi connectivity index (χ0) is 17.9. The zero-order valence-corrected chi connectivity index (χ0v) is 15.8. The smallest absolute Gasteiger partial charge is 0.132 e. The third-order valence-electron chi connectivity index (χ3n) is 4.75. The number of benzene rings is 2. The largest absolute Gasteiger partial charge is 0.488 e. The Morgan fingerprint density at radius 3 is 2.65 bits per heavy atom. The van der Waals surface area contributed by atoms with E-state index < -0.39 is 0 Å². The summed E-state index contributed by atoms with van der Waals surface area (Å²) in [6, 6.07) is 12.8. The summed E-state index contributed by atoms with van der Waals surface area (Å²) in [5, 5.41) is 1.61. The molecule has 0 bridgehead atoms. The van der Waals surface area contributed by atoms with Gasteiger partial charge >= 0.3 is 0 Å². The average Bonchev–Trinajstić information content (AvgIpc) is 2.68.